The largest absolute Gasteiger partial charge is 0.457 e. The van der Waals surface area contributed by atoms with Gasteiger partial charge in [-0.05, 0) is 109 Å². The molecule has 0 aliphatic carbocycles. The number of carbonyl (C=O) groups is 1. The number of aliphatic hydroxyl groups is 4. The van der Waals surface area contributed by atoms with Gasteiger partial charge in [-0.2, -0.15) is 0 Å². The summed E-state index contributed by atoms with van der Waals surface area (Å²) < 4.78 is 22.9. The first-order valence-electron chi connectivity index (χ1n) is 26.3. The fraction of sp³-hybridized carbons (Fsp3) is 0.610. The van der Waals surface area contributed by atoms with Crippen LogP contribution in [0, 0.1) is 0 Å². The van der Waals surface area contributed by atoms with Gasteiger partial charge in [-0.15, -0.1) is 0 Å². The Kier molecular flexibility index (Phi) is 44.3. The minimum Gasteiger partial charge on any atom is -0.457 e. The van der Waals surface area contributed by atoms with Crippen LogP contribution in [-0.2, 0) is 23.7 Å². The number of hydrogen-bond donors (Lipinski definition) is 4. The van der Waals surface area contributed by atoms with Crippen molar-refractivity contribution in [3.8, 4) is 0 Å². The van der Waals surface area contributed by atoms with Crippen LogP contribution in [0.25, 0.3) is 0 Å². The average Bonchev–Trinajstić information content (AvgIpc) is 3.34. The molecule has 0 amide bonds. The Labute approximate surface area is 413 Å². The van der Waals surface area contributed by atoms with Crippen LogP contribution >= 0.6 is 0 Å². The minimum absolute atomic E-state index is 0.111. The van der Waals surface area contributed by atoms with Gasteiger partial charge in [0.2, 0.25) is 0 Å². The molecule has 1 aliphatic rings. The highest BCUT2D eigenvalue weighted by atomic mass is 16.7. The van der Waals surface area contributed by atoms with Crippen LogP contribution in [0.3, 0.4) is 0 Å². The molecule has 6 unspecified atom stereocenters. The minimum atomic E-state index is -1.55. The molecule has 0 aromatic carbocycles. The van der Waals surface area contributed by atoms with Gasteiger partial charge in [-0.1, -0.05) is 186 Å². The normalized spacial score (nSPS) is 20.2. The molecule has 4 N–H and O–H groups in total. The summed E-state index contributed by atoms with van der Waals surface area (Å²) in [5.74, 6) is -0.343. The number of rotatable bonds is 43. The summed E-state index contributed by atoms with van der Waals surface area (Å²) in [6.45, 7) is 4.22. The third-order valence-electron chi connectivity index (χ3n) is 11.1. The molecule has 1 aliphatic heterocycles. The van der Waals surface area contributed by atoms with Gasteiger partial charge >= 0.3 is 5.97 Å². The number of unbranched alkanes of at least 4 members (excludes halogenated alkanes) is 10. The van der Waals surface area contributed by atoms with Gasteiger partial charge in [0.25, 0.3) is 0 Å². The molecule has 0 bridgehead atoms. The lowest BCUT2D eigenvalue weighted by molar-refractivity contribution is -0.305. The second-order valence-corrected chi connectivity index (χ2v) is 17.2. The molecule has 1 fully saturated rings. The lowest BCUT2D eigenvalue weighted by Crippen LogP contribution is -2.59. The number of ether oxygens (including phenoxy) is 4. The van der Waals surface area contributed by atoms with E-state index in [0.717, 1.165) is 141 Å². The van der Waals surface area contributed by atoms with Crippen molar-refractivity contribution in [3.63, 3.8) is 0 Å². The van der Waals surface area contributed by atoms with Gasteiger partial charge in [-0.25, -0.2) is 0 Å². The van der Waals surface area contributed by atoms with Crippen LogP contribution in [0.5, 0.6) is 0 Å². The predicted molar refractivity (Wildman–Crippen MR) is 283 cm³/mol. The van der Waals surface area contributed by atoms with Gasteiger partial charge in [-0.3, -0.25) is 4.79 Å². The first-order valence-corrected chi connectivity index (χ1v) is 26.3. The predicted octanol–water partition coefficient (Wildman–Crippen LogP) is 13.3. The average molecular weight is 947 g/mol. The van der Waals surface area contributed by atoms with Gasteiger partial charge in [0.1, 0.15) is 30.5 Å². The number of aliphatic hydroxyl groups excluding tert-OH is 4. The van der Waals surface area contributed by atoms with Crippen molar-refractivity contribution in [2.45, 2.75) is 205 Å². The van der Waals surface area contributed by atoms with Crippen molar-refractivity contribution in [1.82, 2.24) is 0 Å². The monoisotopic (exact) mass is 947 g/mol. The SMILES string of the molecule is CC/C=C\C/C=C\C/C=C\C/C=C\C/C=C\C/C=C\C/C=C\CCCCCCOCC(COC1OC(CO)C(O)C(O)C1O)OC(=O)CCCCCCCC/C=C\C/C=C\C/C=C\C/C=C\CC. The molecule has 0 saturated carbocycles. The first-order chi connectivity index (χ1) is 33.4. The van der Waals surface area contributed by atoms with Crippen molar-refractivity contribution < 1.29 is 44.2 Å². The van der Waals surface area contributed by atoms with Crippen LogP contribution in [0.4, 0.5) is 0 Å². The Morgan fingerprint density at radius 2 is 0.853 bits per heavy atom. The van der Waals surface area contributed by atoms with Crippen LogP contribution in [0.1, 0.15) is 168 Å². The van der Waals surface area contributed by atoms with E-state index in [1.165, 1.54) is 6.42 Å². The molecule has 0 aromatic heterocycles. The molecular weight excluding hydrogens is 853 g/mol. The third kappa shape index (κ3) is 38.2. The van der Waals surface area contributed by atoms with Gasteiger partial charge in [0.05, 0.1) is 19.8 Å². The lowest BCUT2D eigenvalue weighted by atomic mass is 9.99. The highest BCUT2D eigenvalue weighted by molar-refractivity contribution is 5.69. The maximum atomic E-state index is 12.8. The Balaban J connectivity index is 2.26. The maximum absolute atomic E-state index is 12.8. The second kappa shape index (κ2) is 48.4. The van der Waals surface area contributed by atoms with E-state index in [-0.39, 0.29) is 25.6 Å². The molecule has 0 spiro atoms. The van der Waals surface area contributed by atoms with E-state index in [1.54, 1.807) is 0 Å². The molecule has 0 aromatic rings. The molecule has 1 rings (SSSR count). The van der Waals surface area contributed by atoms with Crippen molar-refractivity contribution in [2.75, 3.05) is 26.4 Å². The molecule has 0 radical (unpaired) electrons. The van der Waals surface area contributed by atoms with E-state index < -0.39 is 43.4 Å². The van der Waals surface area contributed by atoms with E-state index in [0.29, 0.717) is 6.61 Å². The zero-order valence-corrected chi connectivity index (χ0v) is 42.3. The second-order valence-electron chi connectivity index (χ2n) is 17.2. The molecule has 1 heterocycles. The first kappa shape index (κ1) is 62.3. The van der Waals surface area contributed by atoms with Crippen LogP contribution in [0.2, 0.25) is 0 Å². The molecule has 9 heteroatoms. The highest BCUT2D eigenvalue weighted by Crippen LogP contribution is 2.22. The summed E-state index contributed by atoms with van der Waals surface area (Å²) in [7, 11) is 0. The van der Waals surface area contributed by atoms with Crippen molar-refractivity contribution >= 4 is 5.97 Å². The van der Waals surface area contributed by atoms with Crippen molar-refractivity contribution in [3.05, 3.63) is 134 Å². The summed E-state index contributed by atoms with van der Waals surface area (Å²) >= 11 is 0. The number of esters is 1. The van der Waals surface area contributed by atoms with Gasteiger partial charge < -0.3 is 39.4 Å². The summed E-state index contributed by atoms with van der Waals surface area (Å²) in [5, 5.41) is 40.3. The molecule has 68 heavy (non-hydrogen) atoms. The van der Waals surface area contributed by atoms with E-state index in [2.05, 4.69) is 148 Å². The van der Waals surface area contributed by atoms with E-state index in [4.69, 9.17) is 18.9 Å². The Morgan fingerprint density at radius 3 is 1.28 bits per heavy atom. The summed E-state index contributed by atoms with van der Waals surface area (Å²) in [4.78, 5) is 12.8. The summed E-state index contributed by atoms with van der Waals surface area (Å²) in [5.41, 5.74) is 0. The highest BCUT2D eigenvalue weighted by Gasteiger charge is 2.44. The van der Waals surface area contributed by atoms with Crippen LogP contribution < -0.4 is 0 Å². The standard InChI is InChI=1S/C59H94O9/c1-3-5-7-9-11-13-15-17-19-21-23-24-25-26-27-28-29-31-33-35-37-39-41-43-45-47-49-65-51-53(52-66-59-58(64)57(63)56(62)54(50-60)68-59)67-55(61)48-46-44-42-40-38-36-34-32-30-22-20-18-16-14-12-10-8-6-4-2/h5-8,11-14,17-20,23-24,26-27,29-32,35,37,53-54,56-60,62-64H,3-4,9-10,15-16,21-22,25,28,33-34,36,38-52H2,1-2H3/b7-5-,8-6-,13-11-,14-12-,19-17-,20-18-,24-23-,27-26-,31-29-,32-30-,37-35-. The Morgan fingerprint density at radius 1 is 0.471 bits per heavy atom. The van der Waals surface area contributed by atoms with E-state index in [1.807, 2.05) is 0 Å². The van der Waals surface area contributed by atoms with Crippen LogP contribution in [-0.4, -0.2) is 89.6 Å². The Hall–Kier alpha value is -3.67. The van der Waals surface area contributed by atoms with Crippen LogP contribution in [0.15, 0.2) is 134 Å². The fourth-order valence-corrected chi connectivity index (χ4v) is 7.05. The van der Waals surface area contributed by atoms with E-state index in [9.17, 15) is 25.2 Å². The molecule has 9 nitrogen and oxygen atoms in total. The number of allylic oxidation sites excluding steroid dienone is 22. The zero-order chi connectivity index (χ0) is 49.2. The van der Waals surface area contributed by atoms with Crippen molar-refractivity contribution in [1.29, 1.82) is 0 Å². The summed E-state index contributed by atoms with van der Waals surface area (Å²) in [6.07, 6.45) is 64.8. The zero-order valence-electron chi connectivity index (χ0n) is 42.3. The van der Waals surface area contributed by atoms with Crippen molar-refractivity contribution in [2.24, 2.45) is 0 Å². The lowest BCUT2D eigenvalue weighted by Gasteiger charge is -2.39. The molecule has 1 saturated heterocycles. The molecule has 384 valence electrons. The number of carbonyl (C=O) groups excluding carboxylic acids is 1. The van der Waals surface area contributed by atoms with Gasteiger partial charge in [0.15, 0.2) is 6.29 Å². The Bertz CT molecular complexity index is 1500. The third-order valence-corrected chi connectivity index (χ3v) is 11.1. The number of hydrogen-bond acceptors (Lipinski definition) is 9. The van der Waals surface area contributed by atoms with E-state index >= 15 is 0 Å². The smallest absolute Gasteiger partial charge is 0.306 e. The topological polar surface area (TPSA) is 135 Å². The quantitative estimate of drug-likeness (QED) is 0.0268. The summed E-state index contributed by atoms with van der Waals surface area (Å²) in [6, 6.07) is 0. The maximum Gasteiger partial charge on any atom is 0.306 e. The fourth-order valence-electron chi connectivity index (χ4n) is 7.05. The van der Waals surface area contributed by atoms with Gasteiger partial charge in [0, 0.05) is 13.0 Å². The molecular formula is C59H94O9. The molecule has 6 atom stereocenters.